The number of carbonyl (C=O) groups excluding carboxylic acids is 1. The zero-order valence-corrected chi connectivity index (χ0v) is 12.5. The molecule has 0 atom stereocenters. The van der Waals surface area contributed by atoms with Crippen LogP contribution in [0.4, 0.5) is 5.69 Å². The molecule has 0 fully saturated rings. The summed E-state index contributed by atoms with van der Waals surface area (Å²) in [7, 11) is 0. The Balaban J connectivity index is 2.02. The zero-order valence-electron chi connectivity index (χ0n) is 11.7. The lowest BCUT2D eigenvalue weighted by Gasteiger charge is -2.08. The minimum Gasteiger partial charge on any atom is -0.477 e. The molecule has 22 heavy (non-hydrogen) atoms. The Labute approximate surface area is 130 Å². The highest BCUT2D eigenvalue weighted by Crippen LogP contribution is 2.24. The van der Waals surface area contributed by atoms with Gasteiger partial charge in [-0.25, -0.2) is 4.79 Å². The smallest absolute Gasteiger partial charge is 0.348 e. The summed E-state index contributed by atoms with van der Waals surface area (Å²) in [6.45, 7) is 1.90. The summed E-state index contributed by atoms with van der Waals surface area (Å²) in [5, 5.41) is 14.3. The van der Waals surface area contributed by atoms with Crippen LogP contribution in [0.25, 0.3) is 10.9 Å². The molecule has 1 amide bonds. The lowest BCUT2D eigenvalue weighted by Crippen LogP contribution is -2.14. The van der Waals surface area contributed by atoms with Gasteiger partial charge in [0.25, 0.3) is 5.91 Å². The second kappa shape index (κ2) is 5.57. The van der Waals surface area contributed by atoms with Crippen LogP contribution in [0.1, 0.15) is 25.6 Å². The molecule has 0 saturated carbocycles. The van der Waals surface area contributed by atoms with Gasteiger partial charge in [0, 0.05) is 11.6 Å². The van der Waals surface area contributed by atoms with Crippen molar-refractivity contribution in [3.05, 3.63) is 57.9 Å². The summed E-state index contributed by atoms with van der Waals surface area (Å²) in [6.07, 6.45) is 1.63. The number of aryl methyl sites for hydroxylation is 1. The number of aromatic carboxylic acids is 1. The summed E-state index contributed by atoms with van der Waals surface area (Å²) in [4.78, 5) is 28.0. The number of anilines is 1. The van der Waals surface area contributed by atoms with Crippen molar-refractivity contribution >= 4 is 39.8 Å². The maximum Gasteiger partial charge on any atom is 0.348 e. The third kappa shape index (κ3) is 2.56. The summed E-state index contributed by atoms with van der Waals surface area (Å²) in [5.41, 5.74) is 2.26. The Hall–Kier alpha value is -2.73. The molecule has 0 bridgehead atoms. The molecule has 3 aromatic rings. The van der Waals surface area contributed by atoms with Gasteiger partial charge in [0.05, 0.1) is 16.8 Å². The van der Waals surface area contributed by atoms with Gasteiger partial charge < -0.3 is 10.4 Å². The van der Waals surface area contributed by atoms with Crippen molar-refractivity contribution in [1.29, 1.82) is 0 Å². The summed E-state index contributed by atoms with van der Waals surface area (Å²) < 4.78 is 0. The Morgan fingerprint density at radius 1 is 1.27 bits per heavy atom. The highest BCUT2D eigenvalue weighted by Gasteiger charge is 2.17. The average molecular weight is 312 g/mol. The lowest BCUT2D eigenvalue weighted by atomic mass is 10.1. The molecule has 0 unspecified atom stereocenters. The number of carboxylic acid groups (broad SMARTS) is 1. The average Bonchev–Trinajstić information content (AvgIpc) is 2.94. The first-order chi connectivity index (χ1) is 10.6. The SMILES string of the molecule is Cc1cc(C(=O)Nc2ccsc2C(=O)O)c2ncccc2c1. The van der Waals surface area contributed by atoms with Crippen LogP contribution in [0.3, 0.4) is 0 Å². The standard InChI is InChI=1S/C16H12N2O3S/c1-9-7-10-3-2-5-17-13(10)11(8-9)15(19)18-12-4-6-22-14(12)16(20)21/h2-8H,1H3,(H,18,19)(H,20,21). The first-order valence-electron chi connectivity index (χ1n) is 6.54. The van der Waals surface area contributed by atoms with Crippen molar-refractivity contribution in [3.8, 4) is 0 Å². The predicted molar refractivity (Wildman–Crippen MR) is 85.7 cm³/mol. The first kappa shape index (κ1) is 14.2. The van der Waals surface area contributed by atoms with E-state index in [1.54, 1.807) is 23.7 Å². The molecule has 2 heterocycles. The number of benzene rings is 1. The number of nitrogens with one attached hydrogen (secondary N) is 1. The third-order valence-electron chi connectivity index (χ3n) is 3.20. The van der Waals surface area contributed by atoms with Crippen LogP contribution < -0.4 is 5.32 Å². The van der Waals surface area contributed by atoms with E-state index in [2.05, 4.69) is 10.3 Å². The van der Waals surface area contributed by atoms with Gasteiger partial charge in [-0.3, -0.25) is 9.78 Å². The fraction of sp³-hybridized carbons (Fsp3) is 0.0625. The van der Waals surface area contributed by atoms with E-state index in [0.29, 0.717) is 16.8 Å². The highest BCUT2D eigenvalue weighted by atomic mass is 32.1. The summed E-state index contributed by atoms with van der Waals surface area (Å²) >= 11 is 1.07. The molecule has 0 aliphatic heterocycles. The van der Waals surface area contributed by atoms with Gasteiger partial charge in [-0.15, -0.1) is 11.3 Å². The molecule has 0 radical (unpaired) electrons. The number of nitrogens with zero attached hydrogens (tertiary/aromatic N) is 1. The predicted octanol–water partition coefficient (Wildman–Crippen LogP) is 3.56. The zero-order chi connectivity index (χ0) is 15.7. The molecule has 0 saturated heterocycles. The number of carbonyl (C=O) groups is 2. The van der Waals surface area contributed by atoms with E-state index in [4.69, 9.17) is 5.11 Å². The maximum absolute atomic E-state index is 12.5. The fourth-order valence-electron chi connectivity index (χ4n) is 2.28. The summed E-state index contributed by atoms with van der Waals surface area (Å²) in [6, 6.07) is 8.98. The number of rotatable bonds is 3. The molecular weight excluding hydrogens is 300 g/mol. The van der Waals surface area contributed by atoms with E-state index in [1.807, 2.05) is 25.1 Å². The van der Waals surface area contributed by atoms with Crippen molar-refractivity contribution in [2.75, 3.05) is 5.32 Å². The van der Waals surface area contributed by atoms with Gasteiger partial charge in [-0.2, -0.15) is 0 Å². The second-order valence-corrected chi connectivity index (χ2v) is 5.73. The quantitative estimate of drug-likeness (QED) is 0.775. The fourth-order valence-corrected chi connectivity index (χ4v) is 2.97. The van der Waals surface area contributed by atoms with E-state index in [-0.39, 0.29) is 10.8 Å². The van der Waals surface area contributed by atoms with Crippen LogP contribution in [-0.2, 0) is 0 Å². The summed E-state index contributed by atoms with van der Waals surface area (Å²) in [5.74, 6) is -1.43. The number of aromatic nitrogens is 1. The normalized spacial score (nSPS) is 10.6. The van der Waals surface area contributed by atoms with E-state index < -0.39 is 5.97 Å². The third-order valence-corrected chi connectivity index (χ3v) is 4.10. The maximum atomic E-state index is 12.5. The molecule has 2 N–H and O–H groups in total. The molecule has 0 aliphatic carbocycles. The topological polar surface area (TPSA) is 79.3 Å². The minimum atomic E-state index is -1.06. The molecule has 0 aliphatic rings. The van der Waals surface area contributed by atoms with Crippen molar-refractivity contribution in [2.24, 2.45) is 0 Å². The number of hydrogen-bond acceptors (Lipinski definition) is 4. The van der Waals surface area contributed by atoms with Crippen LogP contribution in [0.2, 0.25) is 0 Å². The van der Waals surface area contributed by atoms with Gasteiger partial charge >= 0.3 is 5.97 Å². The van der Waals surface area contributed by atoms with Gasteiger partial charge in [0.1, 0.15) is 4.88 Å². The van der Waals surface area contributed by atoms with Crippen molar-refractivity contribution in [1.82, 2.24) is 4.98 Å². The number of thiophene rings is 1. The van der Waals surface area contributed by atoms with Crippen molar-refractivity contribution < 1.29 is 14.7 Å². The van der Waals surface area contributed by atoms with Crippen LogP contribution in [-0.4, -0.2) is 22.0 Å². The monoisotopic (exact) mass is 312 g/mol. The largest absolute Gasteiger partial charge is 0.477 e. The van der Waals surface area contributed by atoms with Gasteiger partial charge in [0.2, 0.25) is 0 Å². The second-order valence-electron chi connectivity index (χ2n) is 4.81. The number of pyridine rings is 1. The molecule has 2 aromatic heterocycles. The molecule has 110 valence electrons. The number of amides is 1. The van der Waals surface area contributed by atoms with Crippen LogP contribution in [0.15, 0.2) is 41.9 Å². The van der Waals surface area contributed by atoms with E-state index in [9.17, 15) is 9.59 Å². The van der Waals surface area contributed by atoms with Gasteiger partial charge in [-0.05, 0) is 42.1 Å². The Bertz CT molecular complexity index is 886. The Morgan fingerprint density at radius 3 is 2.86 bits per heavy atom. The molecule has 6 heteroatoms. The van der Waals surface area contributed by atoms with Crippen molar-refractivity contribution in [2.45, 2.75) is 6.92 Å². The van der Waals surface area contributed by atoms with Gasteiger partial charge in [-0.1, -0.05) is 6.07 Å². The van der Waals surface area contributed by atoms with Crippen LogP contribution in [0.5, 0.6) is 0 Å². The molecular formula is C16H12N2O3S. The van der Waals surface area contributed by atoms with E-state index >= 15 is 0 Å². The molecule has 3 rings (SSSR count). The number of hydrogen-bond donors (Lipinski definition) is 2. The first-order valence-corrected chi connectivity index (χ1v) is 7.42. The van der Waals surface area contributed by atoms with E-state index in [0.717, 1.165) is 22.3 Å². The van der Waals surface area contributed by atoms with Gasteiger partial charge in [0.15, 0.2) is 0 Å². The Kier molecular flexibility index (Phi) is 3.60. The van der Waals surface area contributed by atoms with Crippen LogP contribution in [0, 0.1) is 6.92 Å². The van der Waals surface area contributed by atoms with E-state index in [1.165, 1.54) is 0 Å². The molecule has 1 aromatic carbocycles. The van der Waals surface area contributed by atoms with Crippen molar-refractivity contribution in [3.63, 3.8) is 0 Å². The Morgan fingerprint density at radius 2 is 2.09 bits per heavy atom. The van der Waals surface area contributed by atoms with Crippen LogP contribution >= 0.6 is 11.3 Å². The highest BCUT2D eigenvalue weighted by molar-refractivity contribution is 7.12. The number of carboxylic acids is 1. The molecule has 5 nitrogen and oxygen atoms in total. The lowest BCUT2D eigenvalue weighted by molar-refractivity contribution is 0.0703. The molecule has 0 spiro atoms. The number of fused-ring (bicyclic) bond motifs is 1. The minimum absolute atomic E-state index is 0.110.